The van der Waals surface area contributed by atoms with E-state index in [-0.39, 0.29) is 5.56 Å². The van der Waals surface area contributed by atoms with Gasteiger partial charge >= 0.3 is 0 Å². The molecule has 2 aromatic carbocycles. The van der Waals surface area contributed by atoms with Crippen LogP contribution in [0.1, 0.15) is 15.9 Å². The highest BCUT2D eigenvalue weighted by Gasteiger charge is 2.09. The Morgan fingerprint density at radius 3 is 2.57 bits per heavy atom. The van der Waals surface area contributed by atoms with Crippen LogP contribution in [0.4, 0.5) is 4.39 Å². The second kappa shape index (κ2) is 6.70. The Hall–Kier alpha value is -3.21. The van der Waals surface area contributed by atoms with Gasteiger partial charge < -0.3 is 4.57 Å². The third-order valence-corrected chi connectivity index (χ3v) is 3.27. The average Bonchev–Trinajstić information content (AvgIpc) is 3.05. The summed E-state index contributed by atoms with van der Waals surface area (Å²) in [5.41, 5.74) is 4.13. The van der Waals surface area contributed by atoms with E-state index in [1.165, 1.54) is 24.4 Å². The summed E-state index contributed by atoms with van der Waals surface area (Å²) >= 11 is 0. The summed E-state index contributed by atoms with van der Waals surface area (Å²) in [4.78, 5) is 11.8. The Morgan fingerprint density at radius 2 is 1.78 bits per heavy atom. The van der Waals surface area contributed by atoms with E-state index < -0.39 is 11.7 Å². The lowest BCUT2D eigenvalue weighted by atomic mass is 10.2. The minimum Gasteiger partial charge on any atom is -0.323 e. The molecule has 0 saturated heterocycles. The molecule has 0 bridgehead atoms. The molecule has 0 aliphatic carbocycles. The van der Waals surface area contributed by atoms with Crippen LogP contribution < -0.4 is 5.43 Å². The fourth-order valence-corrected chi connectivity index (χ4v) is 2.12. The summed E-state index contributed by atoms with van der Waals surface area (Å²) in [5.74, 6) is -1.16. The van der Waals surface area contributed by atoms with Crippen molar-refractivity contribution < 1.29 is 9.18 Å². The number of hydrazone groups is 1. The van der Waals surface area contributed by atoms with Crippen molar-refractivity contribution in [1.82, 2.24) is 9.99 Å². The minimum atomic E-state index is -0.582. The van der Waals surface area contributed by atoms with Crippen LogP contribution in [-0.2, 0) is 0 Å². The van der Waals surface area contributed by atoms with Gasteiger partial charge in [0.2, 0.25) is 0 Å². The maximum absolute atomic E-state index is 13.5. The Balaban J connectivity index is 1.66. The Kier molecular flexibility index (Phi) is 4.29. The zero-order valence-electron chi connectivity index (χ0n) is 12.2. The molecule has 0 spiro atoms. The molecule has 0 saturated carbocycles. The molecule has 0 atom stereocenters. The van der Waals surface area contributed by atoms with Crippen molar-refractivity contribution in [3.63, 3.8) is 0 Å². The summed E-state index contributed by atoms with van der Waals surface area (Å²) in [6, 6.07) is 17.5. The third-order valence-electron chi connectivity index (χ3n) is 3.27. The first-order valence-electron chi connectivity index (χ1n) is 7.05. The second-order valence-corrected chi connectivity index (χ2v) is 4.87. The number of carbonyl (C=O) groups is 1. The highest BCUT2D eigenvalue weighted by molar-refractivity contribution is 5.95. The van der Waals surface area contributed by atoms with Crippen molar-refractivity contribution in [3.8, 4) is 5.69 Å². The van der Waals surface area contributed by atoms with Crippen LogP contribution in [0.3, 0.4) is 0 Å². The molecule has 5 heteroatoms. The lowest BCUT2D eigenvalue weighted by molar-refractivity contribution is 0.0951. The fourth-order valence-electron chi connectivity index (χ4n) is 2.12. The molecular weight excluding hydrogens is 293 g/mol. The predicted octanol–water partition coefficient (Wildman–Crippen LogP) is 3.38. The van der Waals surface area contributed by atoms with Crippen LogP contribution in [0.15, 0.2) is 78.2 Å². The molecular formula is C18H14FN3O. The summed E-state index contributed by atoms with van der Waals surface area (Å²) in [7, 11) is 0. The standard InChI is InChI=1S/C18H14FN3O/c19-17-9-5-4-8-16(17)18(23)21-20-12-14-10-11-22(13-14)15-6-2-1-3-7-15/h1-13H,(H,21,23)/b20-12-. The number of benzene rings is 2. The topological polar surface area (TPSA) is 46.4 Å². The Labute approximate surface area is 132 Å². The first kappa shape index (κ1) is 14.7. The molecule has 0 fully saturated rings. The number of amides is 1. The van der Waals surface area contributed by atoms with E-state index >= 15 is 0 Å². The number of aromatic nitrogens is 1. The zero-order chi connectivity index (χ0) is 16.1. The highest BCUT2D eigenvalue weighted by Crippen LogP contribution is 2.09. The number of para-hydroxylation sites is 1. The van der Waals surface area contributed by atoms with Crippen molar-refractivity contribution in [1.29, 1.82) is 0 Å². The monoisotopic (exact) mass is 307 g/mol. The molecule has 1 amide bonds. The molecule has 0 unspecified atom stereocenters. The second-order valence-electron chi connectivity index (χ2n) is 4.87. The zero-order valence-corrected chi connectivity index (χ0v) is 12.2. The fraction of sp³-hybridized carbons (Fsp3) is 0. The number of rotatable bonds is 4. The highest BCUT2D eigenvalue weighted by atomic mass is 19.1. The third kappa shape index (κ3) is 3.52. The van der Waals surface area contributed by atoms with Crippen LogP contribution in [-0.4, -0.2) is 16.7 Å². The lowest BCUT2D eigenvalue weighted by Gasteiger charge is -2.01. The SMILES string of the molecule is O=C(N/N=C\c1ccn(-c2ccccc2)c1)c1ccccc1F. The van der Waals surface area contributed by atoms with Gasteiger partial charge in [-0.05, 0) is 30.3 Å². The lowest BCUT2D eigenvalue weighted by Crippen LogP contribution is -2.18. The van der Waals surface area contributed by atoms with Gasteiger partial charge in [-0.1, -0.05) is 30.3 Å². The average molecular weight is 307 g/mol. The quantitative estimate of drug-likeness (QED) is 0.583. The minimum absolute atomic E-state index is 0.0356. The number of hydrogen-bond acceptors (Lipinski definition) is 2. The van der Waals surface area contributed by atoms with Crippen molar-refractivity contribution in [2.24, 2.45) is 5.10 Å². The van der Waals surface area contributed by atoms with Gasteiger partial charge in [-0.2, -0.15) is 5.10 Å². The maximum atomic E-state index is 13.5. The van der Waals surface area contributed by atoms with Gasteiger partial charge in [0.05, 0.1) is 11.8 Å². The normalized spacial score (nSPS) is 10.8. The number of nitrogens with one attached hydrogen (secondary N) is 1. The van der Waals surface area contributed by atoms with Gasteiger partial charge in [-0.15, -0.1) is 0 Å². The molecule has 3 aromatic rings. The molecule has 1 heterocycles. The molecule has 0 aliphatic rings. The first-order valence-corrected chi connectivity index (χ1v) is 7.05. The smallest absolute Gasteiger partial charge is 0.274 e. The maximum Gasteiger partial charge on any atom is 0.274 e. The van der Waals surface area contributed by atoms with Crippen molar-refractivity contribution in [2.75, 3.05) is 0 Å². The molecule has 114 valence electrons. The van der Waals surface area contributed by atoms with Gasteiger partial charge in [0, 0.05) is 23.6 Å². The predicted molar refractivity (Wildman–Crippen MR) is 87.2 cm³/mol. The number of hydrogen-bond donors (Lipinski definition) is 1. The summed E-state index contributed by atoms with van der Waals surface area (Å²) in [6.07, 6.45) is 5.29. The van der Waals surface area contributed by atoms with Crippen LogP contribution in [0.2, 0.25) is 0 Å². The number of halogens is 1. The summed E-state index contributed by atoms with van der Waals surface area (Å²) in [5, 5.41) is 3.86. The molecule has 3 rings (SSSR count). The van der Waals surface area contributed by atoms with E-state index in [1.807, 2.05) is 53.4 Å². The first-order chi connectivity index (χ1) is 11.2. The van der Waals surface area contributed by atoms with Crippen LogP contribution in [0, 0.1) is 5.82 Å². The molecule has 4 nitrogen and oxygen atoms in total. The molecule has 1 N–H and O–H groups in total. The van der Waals surface area contributed by atoms with Gasteiger partial charge in [0.1, 0.15) is 5.82 Å². The van der Waals surface area contributed by atoms with E-state index in [4.69, 9.17) is 0 Å². The molecule has 0 aliphatic heterocycles. The largest absolute Gasteiger partial charge is 0.323 e. The Bertz CT molecular complexity index is 840. The van der Waals surface area contributed by atoms with Gasteiger partial charge in [-0.25, -0.2) is 9.82 Å². The van der Waals surface area contributed by atoms with Gasteiger partial charge in [0.25, 0.3) is 5.91 Å². The van der Waals surface area contributed by atoms with E-state index in [9.17, 15) is 9.18 Å². The summed E-state index contributed by atoms with van der Waals surface area (Å²) in [6.45, 7) is 0. The number of nitrogens with zero attached hydrogens (tertiary/aromatic N) is 2. The summed E-state index contributed by atoms with van der Waals surface area (Å²) < 4.78 is 15.4. The van der Waals surface area contributed by atoms with E-state index in [0.717, 1.165) is 11.3 Å². The van der Waals surface area contributed by atoms with E-state index in [2.05, 4.69) is 10.5 Å². The van der Waals surface area contributed by atoms with Gasteiger partial charge in [-0.3, -0.25) is 4.79 Å². The van der Waals surface area contributed by atoms with Crippen LogP contribution in [0.25, 0.3) is 5.69 Å². The molecule has 1 aromatic heterocycles. The molecule has 23 heavy (non-hydrogen) atoms. The van der Waals surface area contributed by atoms with E-state index in [0.29, 0.717) is 0 Å². The van der Waals surface area contributed by atoms with Gasteiger partial charge in [0.15, 0.2) is 0 Å². The van der Waals surface area contributed by atoms with Crippen molar-refractivity contribution in [3.05, 3.63) is 90.0 Å². The van der Waals surface area contributed by atoms with Crippen LogP contribution >= 0.6 is 0 Å². The number of carbonyl (C=O) groups excluding carboxylic acids is 1. The Morgan fingerprint density at radius 1 is 1.04 bits per heavy atom. The van der Waals surface area contributed by atoms with Crippen LogP contribution in [0.5, 0.6) is 0 Å². The van der Waals surface area contributed by atoms with Crippen molar-refractivity contribution in [2.45, 2.75) is 0 Å². The van der Waals surface area contributed by atoms with E-state index in [1.54, 1.807) is 6.07 Å². The van der Waals surface area contributed by atoms with Crippen molar-refractivity contribution >= 4 is 12.1 Å². The molecule has 0 radical (unpaired) electrons.